The van der Waals surface area contributed by atoms with Crippen molar-refractivity contribution in [1.29, 1.82) is 0 Å². The average molecular weight is 600 g/mol. The third kappa shape index (κ3) is 5.23. The van der Waals surface area contributed by atoms with E-state index in [1.165, 1.54) is 6.42 Å². The number of rotatable bonds is 2. The van der Waals surface area contributed by atoms with Gasteiger partial charge in [-0.25, -0.2) is 0 Å². The quantitative estimate of drug-likeness (QED) is 0.450. The Balaban J connectivity index is 0.00000196. The van der Waals surface area contributed by atoms with E-state index < -0.39 is 20.1 Å². The fourth-order valence-electron chi connectivity index (χ4n) is 4.31. The van der Waals surface area contributed by atoms with E-state index >= 15 is 0 Å². The van der Waals surface area contributed by atoms with Crippen LogP contribution in [0.2, 0.25) is 13.1 Å². The number of benzene rings is 1. The molecule has 0 heterocycles. The molecule has 2 aliphatic carbocycles. The fraction of sp³-hybridized carbons (Fsp3) is 0.500. The molecule has 0 aromatic heterocycles. The first-order valence-corrected chi connectivity index (χ1v) is 21.7. The van der Waals surface area contributed by atoms with Gasteiger partial charge < -0.3 is 24.8 Å². The van der Waals surface area contributed by atoms with Gasteiger partial charge in [0.15, 0.2) is 0 Å². The zero-order chi connectivity index (χ0) is 19.3. The molecule has 0 radical (unpaired) electrons. The van der Waals surface area contributed by atoms with Crippen molar-refractivity contribution < 1.29 is 44.9 Å². The first kappa shape index (κ1) is 26.1. The van der Waals surface area contributed by atoms with Crippen LogP contribution in [0.5, 0.6) is 0 Å². The molecule has 0 fully saturated rings. The van der Waals surface area contributed by atoms with Crippen molar-refractivity contribution in [2.24, 2.45) is 10.8 Å². The third-order valence-corrected chi connectivity index (χ3v) is 31.3. The maximum Gasteiger partial charge on any atom is -1.00 e. The normalized spacial score (nSPS) is 18.0. The van der Waals surface area contributed by atoms with E-state index in [-0.39, 0.29) is 35.7 Å². The van der Waals surface area contributed by atoms with Gasteiger partial charge in [0, 0.05) is 0 Å². The summed E-state index contributed by atoms with van der Waals surface area (Å²) < 4.78 is 2.64. The topological polar surface area (TPSA) is 0 Å². The molecular formula is C24H34Cl2HfSi. The fourth-order valence-corrected chi connectivity index (χ4v) is 29.5. The second kappa shape index (κ2) is 9.50. The number of hydrogen-bond acceptors (Lipinski definition) is 0. The first-order chi connectivity index (χ1) is 12.0. The zero-order valence-electron chi connectivity index (χ0n) is 18.6. The van der Waals surface area contributed by atoms with Crippen LogP contribution in [-0.4, -0.2) is 5.49 Å². The zero-order valence-corrected chi connectivity index (χ0v) is 24.7. The monoisotopic (exact) mass is 600 g/mol. The minimum Gasteiger partial charge on any atom is -1.00 e. The van der Waals surface area contributed by atoms with E-state index in [0.29, 0.717) is 5.41 Å². The van der Waals surface area contributed by atoms with Crippen LogP contribution in [0.15, 0.2) is 51.4 Å². The molecule has 0 N–H and O–H groups in total. The molecule has 1 aromatic rings. The Labute approximate surface area is 192 Å². The van der Waals surface area contributed by atoms with Crippen LogP contribution in [0, 0.1) is 10.8 Å². The third-order valence-electron chi connectivity index (χ3n) is 5.75. The van der Waals surface area contributed by atoms with Crippen molar-refractivity contribution in [3.05, 3.63) is 62.5 Å². The Hall–Kier alpha value is 0.107. The van der Waals surface area contributed by atoms with E-state index in [1.54, 1.807) is 22.3 Å². The van der Waals surface area contributed by atoms with Crippen molar-refractivity contribution in [3.8, 4) is 0 Å². The molecule has 4 heteroatoms. The summed E-state index contributed by atoms with van der Waals surface area (Å²) in [6.45, 7) is 19.4. The summed E-state index contributed by atoms with van der Waals surface area (Å²) >= 11 is -1.95. The van der Waals surface area contributed by atoms with Gasteiger partial charge in [0.1, 0.15) is 0 Å². The molecule has 0 nitrogen and oxygen atoms in total. The van der Waals surface area contributed by atoms with E-state index in [4.69, 9.17) is 0 Å². The molecule has 0 amide bonds. The van der Waals surface area contributed by atoms with Gasteiger partial charge in [0.25, 0.3) is 0 Å². The second-order valence-corrected chi connectivity index (χ2v) is 34.8. The minimum absolute atomic E-state index is 0. The molecule has 0 bridgehead atoms. The smallest absolute Gasteiger partial charge is 1.00 e. The maximum atomic E-state index is 2.71. The maximum absolute atomic E-state index is 2.71. The predicted octanol–water partition coefficient (Wildman–Crippen LogP) is 1.31. The molecule has 0 aliphatic heterocycles. The Morgan fingerprint density at radius 2 is 1.50 bits per heavy atom. The van der Waals surface area contributed by atoms with Crippen molar-refractivity contribution >= 4 is 11.1 Å². The van der Waals surface area contributed by atoms with Crippen LogP contribution in [0.1, 0.15) is 62.8 Å². The van der Waals surface area contributed by atoms with Crippen LogP contribution in [0.3, 0.4) is 0 Å². The van der Waals surface area contributed by atoms with Crippen molar-refractivity contribution in [2.75, 3.05) is 0 Å². The molecule has 1 aromatic carbocycles. The Bertz CT molecular complexity index is 857. The summed E-state index contributed by atoms with van der Waals surface area (Å²) in [6, 6.07) is 9.28. The summed E-state index contributed by atoms with van der Waals surface area (Å²) in [4.78, 5) is 0. The summed E-state index contributed by atoms with van der Waals surface area (Å²) in [7, 11) is 0. The molecule has 2 aliphatic rings. The van der Waals surface area contributed by atoms with Crippen LogP contribution in [0.4, 0.5) is 0 Å². The number of hydrogen-bond donors (Lipinski definition) is 0. The van der Waals surface area contributed by atoms with E-state index in [9.17, 15) is 0 Å². The second-order valence-electron chi connectivity index (χ2n) is 10.1. The summed E-state index contributed by atoms with van der Waals surface area (Å²) in [5, 5.41) is 0. The summed E-state index contributed by atoms with van der Waals surface area (Å²) in [6.07, 6.45) is 8.98. The van der Waals surface area contributed by atoms with Crippen molar-refractivity contribution in [3.63, 3.8) is 0 Å². The molecule has 0 saturated heterocycles. The van der Waals surface area contributed by atoms with Gasteiger partial charge in [0.2, 0.25) is 0 Å². The van der Waals surface area contributed by atoms with Crippen LogP contribution < -0.4 is 24.8 Å². The van der Waals surface area contributed by atoms with Gasteiger partial charge in [-0.15, -0.1) is 0 Å². The largest absolute Gasteiger partial charge is 1.00 e. The molecular weight excluding hydrogens is 566 g/mol. The van der Waals surface area contributed by atoms with Crippen molar-refractivity contribution in [2.45, 2.75) is 64.7 Å². The predicted molar refractivity (Wildman–Crippen MR) is 114 cm³/mol. The Morgan fingerprint density at radius 3 is 2.00 bits per heavy atom. The molecule has 3 rings (SSSR count). The molecule has 0 spiro atoms. The summed E-state index contributed by atoms with van der Waals surface area (Å²) in [5.74, 6) is 0. The Morgan fingerprint density at radius 1 is 0.893 bits per heavy atom. The van der Waals surface area contributed by atoms with Gasteiger partial charge in [-0.1, -0.05) is 0 Å². The molecule has 1 unspecified atom stereocenters. The van der Waals surface area contributed by atoms with E-state index in [2.05, 4.69) is 97.1 Å². The summed E-state index contributed by atoms with van der Waals surface area (Å²) in [5.41, 5.74) is 6.71. The van der Waals surface area contributed by atoms with Crippen LogP contribution in [-0.2, 0) is 20.1 Å². The van der Waals surface area contributed by atoms with Gasteiger partial charge in [-0.05, 0) is 0 Å². The SMILES string of the molecule is C[Si](C)=[Hf+2]([C]1=CC=C(C(C)(C)C)C1)[CH]1C=C(C(C)(C)C)c2ccccc21.[Cl-].[Cl-]. The van der Waals surface area contributed by atoms with Gasteiger partial charge in [-0.3, -0.25) is 0 Å². The minimum atomic E-state index is -1.95. The number of halogens is 2. The van der Waals surface area contributed by atoms with Gasteiger partial charge in [0.05, 0.1) is 0 Å². The Kier molecular flexibility index (Phi) is 8.87. The van der Waals surface area contributed by atoms with E-state index in [1.807, 2.05) is 3.33 Å². The average Bonchev–Trinajstić information content (AvgIpc) is 3.12. The number of fused-ring (bicyclic) bond motifs is 1. The van der Waals surface area contributed by atoms with Crippen LogP contribution in [0.25, 0.3) is 5.57 Å². The molecule has 0 saturated carbocycles. The first-order valence-electron chi connectivity index (χ1n) is 9.89. The van der Waals surface area contributed by atoms with Crippen LogP contribution >= 0.6 is 0 Å². The van der Waals surface area contributed by atoms with Gasteiger partial charge >= 0.3 is 169 Å². The molecule has 1 atom stereocenters. The standard InChI is InChI=1S/C13H15.C9H13.C2H6Si.2ClH.Hf/c1-13(2,3)12-9-8-10-6-4-5-7-11(10)12;1-9(2,3)8-6-4-5-7-8;1-3-2;;;/h4-9H,1-3H3;4,6H,7H2,1-3H3;1-2H3;2*1H;/q;;;;;+2/p-2. The van der Waals surface area contributed by atoms with Gasteiger partial charge in [-0.2, -0.15) is 0 Å². The molecule has 152 valence electrons. The molecule has 28 heavy (non-hydrogen) atoms. The van der Waals surface area contributed by atoms with Crippen molar-refractivity contribution in [1.82, 2.24) is 0 Å². The number of allylic oxidation sites excluding steroid dienone is 6. The van der Waals surface area contributed by atoms with E-state index in [0.717, 1.165) is 3.67 Å².